The van der Waals surface area contributed by atoms with Crippen molar-refractivity contribution in [2.24, 2.45) is 0 Å². The van der Waals surface area contributed by atoms with Crippen LogP contribution < -0.4 is 10.6 Å². The van der Waals surface area contributed by atoms with Gasteiger partial charge in [0.1, 0.15) is 5.69 Å². The smallest absolute Gasteiger partial charge is 0.287 e. The Kier molecular flexibility index (Phi) is 6.80. The molecule has 0 radical (unpaired) electrons. The third-order valence-electron chi connectivity index (χ3n) is 6.28. The summed E-state index contributed by atoms with van der Waals surface area (Å²) in [4.78, 5) is 17.0. The van der Waals surface area contributed by atoms with Crippen molar-refractivity contribution in [2.45, 2.75) is 77.4 Å². The van der Waals surface area contributed by atoms with Gasteiger partial charge in [0.25, 0.3) is 11.8 Å². The zero-order chi connectivity index (χ0) is 24.6. The van der Waals surface area contributed by atoms with E-state index in [1.54, 1.807) is 29.1 Å². The highest BCUT2D eigenvalue weighted by atomic mass is 35.5. The predicted molar refractivity (Wildman–Crippen MR) is 131 cm³/mol. The van der Waals surface area contributed by atoms with Gasteiger partial charge in [0.15, 0.2) is 0 Å². The van der Waals surface area contributed by atoms with Crippen LogP contribution in [0.15, 0.2) is 30.5 Å². The zero-order valence-electron chi connectivity index (χ0n) is 19.8. The standard InChI is InChI=1S/C25H30ClF2N5O/c1-14(2)33-13-20(15(3)32-33)24(34)30-18-7-5-6-17(11-18)29-22-12-23(25(4,27)28)31-21-9-8-16(26)10-19(21)22/h8-10,12-14,17-18H,5-7,11H2,1-4H3,(H,29,31)(H,30,34)/t17-,18+/m0/s1. The third kappa shape index (κ3) is 5.32. The van der Waals surface area contributed by atoms with Crippen LogP contribution in [-0.2, 0) is 5.92 Å². The largest absolute Gasteiger partial charge is 0.382 e. The molecule has 1 aromatic carbocycles. The van der Waals surface area contributed by atoms with Crippen LogP contribution in [0.25, 0.3) is 10.9 Å². The van der Waals surface area contributed by atoms with Gasteiger partial charge in [-0.05, 0) is 70.7 Å². The Morgan fingerprint density at radius 1 is 1.24 bits per heavy atom. The lowest BCUT2D eigenvalue weighted by Crippen LogP contribution is -2.42. The van der Waals surface area contributed by atoms with Crippen LogP contribution in [0.4, 0.5) is 14.5 Å². The maximum atomic E-state index is 14.1. The third-order valence-corrected chi connectivity index (χ3v) is 6.51. The molecule has 1 aliphatic carbocycles. The Hall–Kier alpha value is -2.74. The van der Waals surface area contributed by atoms with Crippen LogP contribution >= 0.6 is 11.6 Å². The Morgan fingerprint density at radius 2 is 1.97 bits per heavy atom. The molecule has 9 heteroatoms. The van der Waals surface area contributed by atoms with Gasteiger partial charge in [-0.2, -0.15) is 13.9 Å². The van der Waals surface area contributed by atoms with Crippen molar-refractivity contribution >= 4 is 34.1 Å². The molecule has 0 bridgehead atoms. The summed E-state index contributed by atoms with van der Waals surface area (Å²) in [5.41, 5.74) is 2.03. The number of aromatic nitrogens is 3. The van der Waals surface area contributed by atoms with E-state index < -0.39 is 5.92 Å². The Balaban J connectivity index is 1.52. The van der Waals surface area contributed by atoms with E-state index in [1.165, 1.54) is 6.07 Å². The van der Waals surface area contributed by atoms with Crippen molar-refractivity contribution in [3.05, 3.63) is 52.4 Å². The normalized spacial score (nSPS) is 18.9. The van der Waals surface area contributed by atoms with Crippen LogP contribution in [-0.4, -0.2) is 32.8 Å². The Bertz CT molecular complexity index is 1200. The maximum Gasteiger partial charge on any atom is 0.287 e. The maximum absolute atomic E-state index is 14.1. The number of hydrogen-bond acceptors (Lipinski definition) is 4. The van der Waals surface area contributed by atoms with Gasteiger partial charge in [0.05, 0.1) is 16.8 Å². The van der Waals surface area contributed by atoms with E-state index in [1.807, 2.05) is 20.8 Å². The van der Waals surface area contributed by atoms with Gasteiger partial charge in [-0.1, -0.05) is 11.6 Å². The molecule has 6 nitrogen and oxygen atoms in total. The summed E-state index contributed by atoms with van der Waals surface area (Å²) in [6, 6.07) is 6.61. The summed E-state index contributed by atoms with van der Waals surface area (Å²) in [6.45, 7) is 6.71. The molecule has 4 rings (SSSR count). The van der Waals surface area contributed by atoms with Crippen molar-refractivity contribution < 1.29 is 13.6 Å². The Labute approximate surface area is 203 Å². The molecule has 2 aromatic heterocycles. The number of carbonyl (C=O) groups is 1. The minimum atomic E-state index is -3.06. The number of nitrogens with zero attached hydrogens (tertiary/aromatic N) is 3. The number of alkyl halides is 2. The molecular formula is C25H30ClF2N5O. The lowest BCUT2D eigenvalue weighted by atomic mass is 9.90. The lowest BCUT2D eigenvalue weighted by molar-refractivity contribution is 0.0131. The first-order valence-corrected chi connectivity index (χ1v) is 12.0. The van der Waals surface area contributed by atoms with Gasteiger partial charge in [-0.15, -0.1) is 0 Å². The second-order valence-corrected chi connectivity index (χ2v) is 9.92. The second-order valence-electron chi connectivity index (χ2n) is 9.49. The summed E-state index contributed by atoms with van der Waals surface area (Å²) in [5, 5.41) is 12.2. The number of benzene rings is 1. The first-order valence-electron chi connectivity index (χ1n) is 11.6. The molecular weight excluding hydrogens is 460 g/mol. The fourth-order valence-corrected chi connectivity index (χ4v) is 4.62. The summed E-state index contributed by atoms with van der Waals surface area (Å²) in [6.07, 6.45) is 5.12. The van der Waals surface area contributed by atoms with Crippen LogP contribution in [0.5, 0.6) is 0 Å². The van der Waals surface area contributed by atoms with Gasteiger partial charge in [-0.25, -0.2) is 4.98 Å². The van der Waals surface area contributed by atoms with Gasteiger partial charge in [0, 0.05) is 47.3 Å². The van der Waals surface area contributed by atoms with E-state index in [0.717, 1.165) is 26.2 Å². The van der Waals surface area contributed by atoms with E-state index in [4.69, 9.17) is 11.6 Å². The minimum absolute atomic E-state index is 0.0152. The van der Waals surface area contributed by atoms with E-state index in [2.05, 4.69) is 20.7 Å². The summed E-state index contributed by atoms with van der Waals surface area (Å²) in [7, 11) is 0. The van der Waals surface area contributed by atoms with Crippen molar-refractivity contribution in [1.82, 2.24) is 20.1 Å². The van der Waals surface area contributed by atoms with Crippen LogP contribution in [0.1, 0.15) is 74.2 Å². The van der Waals surface area contributed by atoms with Crippen molar-refractivity contribution in [3.8, 4) is 0 Å². The monoisotopic (exact) mass is 489 g/mol. The summed E-state index contributed by atoms with van der Waals surface area (Å²) < 4.78 is 30.0. The van der Waals surface area contributed by atoms with Crippen molar-refractivity contribution in [2.75, 3.05) is 5.32 Å². The average molecular weight is 490 g/mol. The molecule has 2 atom stereocenters. The minimum Gasteiger partial charge on any atom is -0.382 e. The number of hydrogen-bond donors (Lipinski definition) is 2. The lowest BCUT2D eigenvalue weighted by Gasteiger charge is -2.31. The number of halogens is 3. The highest BCUT2D eigenvalue weighted by Crippen LogP contribution is 2.34. The van der Waals surface area contributed by atoms with Crippen LogP contribution in [0.3, 0.4) is 0 Å². The molecule has 2 N–H and O–H groups in total. The fraction of sp³-hybridized carbons (Fsp3) is 0.480. The summed E-state index contributed by atoms with van der Waals surface area (Å²) >= 11 is 6.18. The van der Waals surface area contributed by atoms with E-state index in [0.29, 0.717) is 39.3 Å². The zero-order valence-corrected chi connectivity index (χ0v) is 20.6. The number of anilines is 1. The molecule has 2 heterocycles. The van der Waals surface area contributed by atoms with E-state index in [-0.39, 0.29) is 29.7 Å². The predicted octanol–water partition coefficient (Wildman–Crippen LogP) is 6.24. The van der Waals surface area contributed by atoms with Gasteiger partial charge < -0.3 is 10.6 Å². The molecule has 182 valence electrons. The molecule has 3 aromatic rings. The fourth-order valence-electron chi connectivity index (χ4n) is 4.45. The Morgan fingerprint density at radius 3 is 2.65 bits per heavy atom. The number of pyridine rings is 1. The molecule has 0 unspecified atom stereocenters. The molecule has 1 amide bonds. The number of rotatable bonds is 6. The molecule has 0 spiro atoms. The van der Waals surface area contributed by atoms with E-state index in [9.17, 15) is 13.6 Å². The quantitative estimate of drug-likeness (QED) is 0.430. The molecule has 1 aliphatic rings. The van der Waals surface area contributed by atoms with Crippen molar-refractivity contribution in [3.63, 3.8) is 0 Å². The molecule has 1 fully saturated rings. The number of aryl methyl sites for hydroxylation is 1. The SMILES string of the molecule is Cc1nn(C(C)C)cc1C(=O)N[C@@H]1CCC[C@H](Nc2cc(C(C)(F)F)nc3ccc(Cl)cc23)C1. The van der Waals surface area contributed by atoms with E-state index >= 15 is 0 Å². The van der Waals surface area contributed by atoms with Gasteiger partial charge in [-0.3, -0.25) is 9.48 Å². The second kappa shape index (κ2) is 9.49. The topological polar surface area (TPSA) is 71.8 Å². The van der Waals surface area contributed by atoms with Crippen molar-refractivity contribution in [1.29, 1.82) is 0 Å². The number of carbonyl (C=O) groups excluding carboxylic acids is 1. The average Bonchev–Trinajstić information content (AvgIpc) is 3.16. The molecule has 0 saturated heterocycles. The van der Waals surface area contributed by atoms with Crippen LogP contribution in [0.2, 0.25) is 5.02 Å². The number of fused-ring (bicyclic) bond motifs is 1. The molecule has 34 heavy (non-hydrogen) atoms. The van der Waals surface area contributed by atoms with Gasteiger partial charge >= 0.3 is 0 Å². The molecule has 0 aliphatic heterocycles. The highest BCUT2D eigenvalue weighted by Gasteiger charge is 2.29. The first-order chi connectivity index (χ1) is 16.0. The van der Waals surface area contributed by atoms with Crippen LogP contribution in [0, 0.1) is 6.92 Å². The highest BCUT2D eigenvalue weighted by molar-refractivity contribution is 6.31. The first kappa shape index (κ1) is 24.4. The number of amides is 1. The summed E-state index contributed by atoms with van der Waals surface area (Å²) in [5.74, 6) is -3.20. The van der Waals surface area contributed by atoms with Gasteiger partial charge in [0.2, 0.25) is 0 Å². The molecule has 1 saturated carbocycles. The number of nitrogens with one attached hydrogen (secondary N) is 2.